The first-order valence-electron chi connectivity index (χ1n) is 16.4. The van der Waals surface area contributed by atoms with Crippen LogP contribution in [0.3, 0.4) is 0 Å². The molecule has 2 aromatic carbocycles. The van der Waals surface area contributed by atoms with Gasteiger partial charge < -0.3 is 39.7 Å². The summed E-state index contributed by atoms with van der Waals surface area (Å²) >= 11 is 0. The van der Waals surface area contributed by atoms with Gasteiger partial charge in [0, 0.05) is 41.6 Å². The minimum absolute atomic E-state index is 0.00319. The fourth-order valence-electron chi connectivity index (χ4n) is 11.3. The standard InChI is InChI=1S/C18H21NO4.C17H19NO4/c1-19-7-6-17-14-10-2-3-11(9-20)15(14)23-16(17)12(21)4-5-18(17,22)13(19)8-10;1-18-7-6-16-13-9-2-3-10(19)14(13)22-15(16)11(20)4-5-17(16,21)12(18)8-9/h2-3,13,16,20,22H,4-9H2,1H3;2-3,12,15,19,21H,4-8H2,1H3/t13-,16+,17+,18-;12-,15+,16+,17-/m11/s1. The molecule has 2 saturated carbocycles. The van der Waals surface area contributed by atoms with Crippen molar-refractivity contribution in [3.63, 3.8) is 0 Å². The molecule has 4 bridgehead atoms. The van der Waals surface area contributed by atoms with Crippen LogP contribution in [0.1, 0.15) is 66.3 Å². The van der Waals surface area contributed by atoms with E-state index in [1.54, 1.807) is 6.07 Å². The number of phenolic OH excluding ortho intramolecular Hbond substituents is 1. The average molecular weight is 617 g/mol. The summed E-state index contributed by atoms with van der Waals surface area (Å²) in [4.78, 5) is 29.6. The molecule has 0 unspecified atom stereocenters. The lowest BCUT2D eigenvalue weighted by Gasteiger charge is -2.62. The predicted octanol–water partition coefficient (Wildman–Crippen LogP) is 1.28. The van der Waals surface area contributed by atoms with Crippen molar-refractivity contribution in [3.05, 3.63) is 52.1 Å². The van der Waals surface area contributed by atoms with Gasteiger partial charge in [-0.15, -0.1) is 0 Å². The second-order valence-corrected chi connectivity index (χ2v) is 14.8. The lowest BCUT2D eigenvalue weighted by molar-refractivity contribution is -0.185. The lowest BCUT2D eigenvalue weighted by atomic mass is 9.49. The Morgan fingerprint density at radius 3 is 1.78 bits per heavy atom. The van der Waals surface area contributed by atoms with E-state index in [1.807, 2.05) is 25.2 Å². The van der Waals surface area contributed by atoms with E-state index >= 15 is 0 Å². The number of hydrogen-bond acceptors (Lipinski definition) is 10. The Labute approximate surface area is 261 Å². The molecule has 0 aromatic heterocycles. The Morgan fingerprint density at radius 1 is 0.756 bits per heavy atom. The van der Waals surface area contributed by atoms with Crippen LogP contribution in [0.15, 0.2) is 24.3 Å². The molecule has 0 radical (unpaired) electrons. The van der Waals surface area contributed by atoms with Gasteiger partial charge in [-0.25, -0.2) is 0 Å². The van der Waals surface area contributed by atoms with Gasteiger partial charge in [0.1, 0.15) is 5.75 Å². The van der Waals surface area contributed by atoms with Gasteiger partial charge in [0.2, 0.25) is 0 Å². The first-order valence-corrected chi connectivity index (χ1v) is 16.4. The number of carbonyl (C=O) groups excluding carboxylic acids is 2. The summed E-state index contributed by atoms with van der Waals surface area (Å²) in [6, 6.07) is 7.53. The number of Topliss-reactive ketones (excluding diaryl/α,β-unsaturated/α-hetero) is 2. The first-order chi connectivity index (χ1) is 21.5. The molecule has 10 rings (SSSR count). The van der Waals surface area contributed by atoms with Crippen LogP contribution in [-0.4, -0.2) is 104 Å². The number of likely N-dealkylation sites (tertiary alicyclic amines) is 2. The summed E-state index contributed by atoms with van der Waals surface area (Å²) in [5.41, 5.74) is 1.71. The van der Waals surface area contributed by atoms with E-state index in [2.05, 4.69) is 16.8 Å². The summed E-state index contributed by atoms with van der Waals surface area (Å²) in [5.74, 6) is 1.31. The molecule has 4 aliphatic carbocycles. The Bertz CT molecular complexity index is 1690. The number of ketones is 2. The van der Waals surface area contributed by atoms with Gasteiger partial charge in [0.15, 0.2) is 35.3 Å². The van der Waals surface area contributed by atoms with Crippen LogP contribution in [0.2, 0.25) is 0 Å². The number of aliphatic hydroxyl groups is 3. The first kappa shape index (κ1) is 28.2. The van der Waals surface area contributed by atoms with Crippen molar-refractivity contribution >= 4 is 11.6 Å². The maximum atomic E-state index is 12.6. The molecule has 2 spiro atoms. The smallest absolute Gasteiger partial charge is 0.174 e. The van der Waals surface area contributed by atoms with Gasteiger partial charge in [-0.1, -0.05) is 18.2 Å². The van der Waals surface area contributed by atoms with Crippen molar-refractivity contribution in [1.82, 2.24) is 9.80 Å². The van der Waals surface area contributed by atoms with Crippen LogP contribution in [0, 0.1) is 0 Å². The number of aromatic hydroxyl groups is 1. The van der Waals surface area contributed by atoms with Crippen LogP contribution in [0.5, 0.6) is 17.2 Å². The minimum atomic E-state index is -0.954. The van der Waals surface area contributed by atoms with Gasteiger partial charge >= 0.3 is 0 Å². The predicted molar refractivity (Wildman–Crippen MR) is 161 cm³/mol. The van der Waals surface area contributed by atoms with Gasteiger partial charge in [0.05, 0.1) is 28.6 Å². The van der Waals surface area contributed by atoms with Crippen LogP contribution < -0.4 is 9.47 Å². The lowest BCUT2D eigenvalue weighted by Crippen LogP contribution is -2.76. The normalized spacial score (nSPS) is 41.4. The highest BCUT2D eigenvalue weighted by Gasteiger charge is 2.74. The maximum absolute atomic E-state index is 12.6. The van der Waals surface area contributed by atoms with E-state index in [0.29, 0.717) is 43.6 Å². The number of nitrogens with zero attached hydrogens (tertiary/aromatic N) is 2. The van der Waals surface area contributed by atoms with E-state index in [1.165, 1.54) is 0 Å². The molecule has 10 heteroatoms. The summed E-state index contributed by atoms with van der Waals surface area (Å²) in [7, 11) is 4.10. The zero-order valence-electron chi connectivity index (χ0n) is 25.7. The molecule has 4 fully saturated rings. The van der Waals surface area contributed by atoms with Crippen LogP contribution in [-0.2, 0) is 39.9 Å². The maximum Gasteiger partial charge on any atom is 0.174 e. The van der Waals surface area contributed by atoms with Crippen molar-refractivity contribution in [3.8, 4) is 17.2 Å². The van der Waals surface area contributed by atoms with E-state index in [9.17, 15) is 30.0 Å². The van der Waals surface area contributed by atoms with Crippen LogP contribution in [0.4, 0.5) is 0 Å². The molecule has 4 N–H and O–H groups in total. The molecule has 238 valence electrons. The van der Waals surface area contributed by atoms with Gasteiger partial charge in [-0.3, -0.25) is 9.59 Å². The number of aliphatic hydroxyl groups excluding tert-OH is 1. The third-order valence-electron chi connectivity index (χ3n) is 13.3. The summed E-state index contributed by atoms with van der Waals surface area (Å²) in [6.07, 6.45) is 3.37. The monoisotopic (exact) mass is 616 g/mol. The molecule has 8 aliphatic rings. The summed E-state index contributed by atoms with van der Waals surface area (Å²) in [6.45, 7) is 1.57. The van der Waals surface area contributed by atoms with Crippen molar-refractivity contribution < 1.29 is 39.5 Å². The number of phenols is 1. The van der Waals surface area contributed by atoms with Gasteiger partial charge in [0.25, 0.3) is 0 Å². The number of hydrogen-bond donors (Lipinski definition) is 4. The van der Waals surface area contributed by atoms with Crippen molar-refractivity contribution in [2.24, 2.45) is 0 Å². The Kier molecular flexibility index (Phi) is 5.56. The van der Waals surface area contributed by atoms with Crippen LogP contribution >= 0.6 is 0 Å². The van der Waals surface area contributed by atoms with E-state index in [0.717, 1.165) is 60.2 Å². The molecular formula is C35H40N2O8. The van der Waals surface area contributed by atoms with Gasteiger partial charge in [-0.05, 0) is 82.9 Å². The second kappa shape index (κ2) is 8.86. The highest BCUT2D eigenvalue weighted by Crippen LogP contribution is 2.65. The molecule has 4 aliphatic heterocycles. The molecule has 45 heavy (non-hydrogen) atoms. The number of carbonyl (C=O) groups is 2. The minimum Gasteiger partial charge on any atom is -0.504 e. The van der Waals surface area contributed by atoms with E-state index in [-0.39, 0.29) is 36.0 Å². The third-order valence-corrected chi connectivity index (χ3v) is 13.3. The zero-order valence-corrected chi connectivity index (χ0v) is 25.7. The van der Waals surface area contributed by atoms with Gasteiger partial charge in [-0.2, -0.15) is 0 Å². The molecule has 2 saturated heterocycles. The molecule has 2 aromatic rings. The molecule has 4 heterocycles. The van der Waals surface area contributed by atoms with Crippen molar-refractivity contribution in [2.45, 2.75) is 104 Å². The Balaban J connectivity index is 0.000000125. The number of rotatable bonds is 1. The van der Waals surface area contributed by atoms with Crippen LogP contribution in [0.25, 0.3) is 0 Å². The second-order valence-electron chi connectivity index (χ2n) is 14.8. The van der Waals surface area contributed by atoms with E-state index in [4.69, 9.17) is 9.47 Å². The van der Waals surface area contributed by atoms with Crippen molar-refractivity contribution in [2.75, 3.05) is 27.2 Å². The third kappa shape index (κ3) is 3.05. The SMILES string of the molecule is CN1CC[C@]23c4c5ccc(CO)c4O[C@H]2C(=O)CC[C@@]3(O)[C@H]1C5.CN1CC[C@]23c4c5ccc(O)c4O[C@H]2C(=O)CC[C@@]3(O)[C@H]1C5. The number of ether oxygens (including phenoxy) is 2. The summed E-state index contributed by atoms with van der Waals surface area (Å²) in [5, 5.41) is 43.2. The Hall–Kier alpha value is -3.02. The van der Waals surface area contributed by atoms with E-state index < -0.39 is 34.2 Å². The number of benzene rings is 2. The molecular weight excluding hydrogens is 576 g/mol. The Morgan fingerprint density at radius 2 is 1.24 bits per heavy atom. The zero-order chi connectivity index (χ0) is 31.3. The van der Waals surface area contributed by atoms with Crippen molar-refractivity contribution in [1.29, 1.82) is 0 Å². The highest BCUT2D eigenvalue weighted by molar-refractivity contribution is 5.90. The topological polar surface area (TPSA) is 140 Å². The average Bonchev–Trinajstić information content (AvgIpc) is 3.57. The number of likely N-dealkylation sites (N-methyl/N-ethyl adjacent to an activating group) is 2. The highest BCUT2D eigenvalue weighted by atomic mass is 16.5. The molecule has 8 atom stereocenters. The fourth-order valence-corrected chi connectivity index (χ4v) is 11.3. The molecule has 10 nitrogen and oxygen atoms in total. The number of piperidine rings is 2. The quantitative estimate of drug-likeness (QED) is 0.371. The summed E-state index contributed by atoms with van der Waals surface area (Å²) < 4.78 is 12.1. The fraction of sp³-hybridized carbons (Fsp3) is 0.600. The molecule has 0 amide bonds. The largest absolute Gasteiger partial charge is 0.504 e.